The Morgan fingerprint density at radius 1 is 1.04 bits per heavy atom. The van der Waals surface area contributed by atoms with E-state index in [1.807, 2.05) is 0 Å². The van der Waals surface area contributed by atoms with E-state index in [4.69, 9.17) is 0 Å². The smallest absolute Gasteiger partial charge is 0.339 e. The van der Waals surface area contributed by atoms with Crippen molar-refractivity contribution in [3.05, 3.63) is 59.9 Å². The van der Waals surface area contributed by atoms with Gasteiger partial charge in [0.2, 0.25) is 11.8 Å². The zero-order valence-electron chi connectivity index (χ0n) is 13.1. The third-order valence-electron chi connectivity index (χ3n) is 3.17. The van der Waals surface area contributed by atoms with Crippen molar-refractivity contribution in [3.63, 3.8) is 0 Å². The number of methoxy groups -OCH3 is 1. The Morgan fingerprint density at radius 3 is 2.46 bits per heavy atom. The van der Waals surface area contributed by atoms with Crippen molar-refractivity contribution in [3.8, 4) is 0 Å². The molecule has 0 aliphatic rings. The van der Waals surface area contributed by atoms with Crippen molar-refractivity contribution < 1.29 is 19.1 Å². The lowest BCUT2D eigenvalue weighted by atomic mass is 10.1. The van der Waals surface area contributed by atoms with Gasteiger partial charge in [-0.1, -0.05) is 12.1 Å². The van der Waals surface area contributed by atoms with E-state index in [-0.39, 0.29) is 12.0 Å². The third kappa shape index (κ3) is 4.91. The summed E-state index contributed by atoms with van der Waals surface area (Å²) < 4.78 is 4.65. The minimum absolute atomic E-state index is 0.227. The Bertz CT molecular complexity index is 732. The first-order valence-electron chi connectivity index (χ1n) is 7.23. The number of rotatable bonds is 6. The zero-order chi connectivity index (χ0) is 17.4. The molecule has 7 nitrogen and oxygen atoms in total. The molecule has 0 unspecified atom stereocenters. The highest BCUT2D eigenvalue weighted by atomic mass is 16.5. The molecule has 0 saturated carbocycles. The summed E-state index contributed by atoms with van der Waals surface area (Å²) in [5.74, 6) is -1.49. The molecular weight excluding hydrogens is 310 g/mol. The average Bonchev–Trinajstić information content (AvgIpc) is 2.60. The van der Waals surface area contributed by atoms with Crippen LogP contribution in [0.25, 0.3) is 0 Å². The number of hydrogen-bond donors (Lipinski definition) is 2. The van der Waals surface area contributed by atoms with Gasteiger partial charge in [0.25, 0.3) is 0 Å². The molecule has 1 heterocycles. The van der Waals surface area contributed by atoms with Gasteiger partial charge >= 0.3 is 5.97 Å². The minimum Gasteiger partial charge on any atom is -0.465 e. The van der Waals surface area contributed by atoms with E-state index in [0.29, 0.717) is 12.2 Å². The standard InChI is InChI=1S/C17H17N3O4/c1-24-17(23)13-4-2-3-5-14(13)20-16(22)10-15(21)19-11-12-6-8-18-9-7-12/h2-9H,10-11H2,1H3,(H,19,21)(H,20,22). The van der Waals surface area contributed by atoms with Crippen molar-refractivity contribution in [1.82, 2.24) is 10.3 Å². The van der Waals surface area contributed by atoms with Crippen LogP contribution in [-0.2, 0) is 20.9 Å². The largest absolute Gasteiger partial charge is 0.465 e. The average molecular weight is 327 g/mol. The highest BCUT2D eigenvalue weighted by Crippen LogP contribution is 2.16. The number of aromatic nitrogens is 1. The van der Waals surface area contributed by atoms with E-state index in [9.17, 15) is 14.4 Å². The molecule has 1 aromatic heterocycles. The number of anilines is 1. The lowest BCUT2D eigenvalue weighted by Crippen LogP contribution is -2.28. The van der Waals surface area contributed by atoms with E-state index < -0.39 is 17.8 Å². The zero-order valence-corrected chi connectivity index (χ0v) is 13.1. The summed E-state index contributed by atoms with van der Waals surface area (Å²) in [7, 11) is 1.26. The van der Waals surface area contributed by atoms with E-state index in [0.717, 1.165) is 5.56 Å². The van der Waals surface area contributed by atoms with Crippen molar-refractivity contribution in [2.24, 2.45) is 0 Å². The van der Waals surface area contributed by atoms with Crippen LogP contribution in [0.3, 0.4) is 0 Å². The first-order chi connectivity index (χ1) is 11.6. The highest BCUT2D eigenvalue weighted by molar-refractivity contribution is 6.06. The highest BCUT2D eigenvalue weighted by Gasteiger charge is 2.15. The molecule has 0 radical (unpaired) electrons. The van der Waals surface area contributed by atoms with Gasteiger partial charge in [0.05, 0.1) is 18.4 Å². The van der Waals surface area contributed by atoms with Crippen LogP contribution in [-0.4, -0.2) is 29.9 Å². The number of hydrogen-bond acceptors (Lipinski definition) is 5. The number of carbonyl (C=O) groups is 3. The molecule has 2 N–H and O–H groups in total. The van der Waals surface area contributed by atoms with Crippen LogP contribution >= 0.6 is 0 Å². The van der Waals surface area contributed by atoms with Gasteiger partial charge in [-0.15, -0.1) is 0 Å². The normalized spacial score (nSPS) is 9.88. The fourth-order valence-corrected chi connectivity index (χ4v) is 1.98. The van der Waals surface area contributed by atoms with Crippen LogP contribution in [0.15, 0.2) is 48.8 Å². The lowest BCUT2D eigenvalue weighted by molar-refractivity contribution is -0.126. The first-order valence-corrected chi connectivity index (χ1v) is 7.23. The molecule has 124 valence electrons. The fourth-order valence-electron chi connectivity index (χ4n) is 1.98. The molecule has 0 bridgehead atoms. The molecule has 0 aliphatic heterocycles. The molecule has 7 heteroatoms. The molecule has 2 aromatic rings. The molecule has 0 fully saturated rings. The molecule has 0 spiro atoms. The van der Waals surface area contributed by atoms with Crippen LogP contribution in [0.1, 0.15) is 22.3 Å². The quantitative estimate of drug-likeness (QED) is 0.619. The van der Waals surface area contributed by atoms with Gasteiger partial charge in [-0.2, -0.15) is 0 Å². The fraction of sp³-hybridized carbons (Fsp3) is 0.176. The van der Waals surface area contributed by atoms with Gasteiger partial charge in [-0.3, -0.25) is 14.6 Å². The Labute approximate surface area is 139 Å². The summed E-state index contributed by atoms with van der Waals surface area (Å²) in [4.78, 5) is 39.3. The number of nitrogens with one attached hydrogen (secondary N) is 2. The van der Waals surface area contributed by atoms with Crippen molar-refractivity contribution in [1.29, 1.82) is 0 Å². The maximum Gasteiger partial charge on any atom is 0.339 e. The maximum absolute atomic E-state index is 12.0. The molecule has 0 atom stereocenters. The number of esters is 1. The van der Waals surface area contributed by atoms with Crippen molar-refractivity contribution in [2.75, 3.05) is 12.4 Å². The van der Waals surface area contributed by atoms with E-state index in [1.54, 1.807) is 42.7 Å². The molecule has 24 heavy (non-hydrogen) atoms. The van der Waals surface area contributed by atoms with Crippen LogP contribution in [0, 0.1) is 0 Å². The number of carbonyl (C=O) groups excluding carboxylic acids is 3. The van der Waals surface area contributed by atoms with Crippen molar-refractivity contribution in [2.45, 2.75) is 13.0 Å². The first kappa shape index (κ1) is 17.1. The molecule has 2 amide bonds. The van der Waals surface area contributed by atoms with E-state index >= 15 is 0 Å². The van der Waals surface area contributed by atoms with Gasteiger partial charge in [-0.25, -0.2) is 4.79 Å². The molecule has 0 saturated heterocycles. The van der Waals surface area contributed by atoms with Crippen LogP contribution in [0.2, 0.25) is 0 Å². The number of nitrogens with zero attached hydrogens (tertiary/aromatic N) is 1. The van der Waals surface area contributed by atoms with Gasteiger partial charge in [-0.05, 0) is 29.8 Å². The van der Waals surface area contributed by atoms with Gasteiger partial charge in [0, 0.05) is 18.9 Å². The van der Waals surface area contributed by atoms with E-state index in [1.165, 1.54) is 13.2 Å². The third-order valence-corrected chi connectivity index (χ3v) is 3.17. The summed E-state index contributed by atoms with van der Waals surface area (Å²) in [6.07, 6.45) is 2.90. The summed E-state index contributed by atoms with van der Waals surface area (Å²) in [5, 5.41) is 5.19. The van der Waals surface area contributed by atoms with Gasteiger partial charge < -0.3 is 15.4 Å². The van der Waals surface area contributed by atoms with Crippen LogP contribution in [0.5, 0.6) is 0 Å². The Kier molecular flexibility index (Phi) is 6.01. The summed E-state index contributed by atoms with van der Waals surface area (Å²) >= 11 is 0. The summed E-state index contributed by atoms with van der Waals surface area (Å²) in [6, 6.07) is 9.97. The maximum atomic E-state index is 12.0. The Balaban J connectivity index is 1.89. The summed E-state index contributed by atoms with van der Waals surface area (Å²) in [5.41, 5.74) is 1.41. The van der Waals surface area contributed by atoms with Crippen LogP contribution < -0.4 is 10.6 Å². The molecule has 2 rings (SSSR count). The van der Waals surface area contributed by atoms with E-state index in [2.05, 4.69) is 20.4 Å². The number of para-hydroxylation sites is 1. The molecular formula is C17H17N3O4. The SMILES string of the molecule is COC(=O)c1ccccc1NC(=O)CC(=O)NCc1ccncc1. The minimum atomic E-state index is -0.562. The predicted octanol–water partition coefficient (Wildman–Crippen LogP) is 1.51. The second-order valence-electron chi connectivity index (χ2n) is 4.89. The number of ether oxygens (including phenoxy) is 1. The van der Waals surface area contributed by atoms with Crippen molar-refractivity contribution >= 4 is 23.5 Å². The molecule has 1 aromatic carbocycles. The summed E-state index contributed by atoms with van der Waals surface area (Å²) in [6.45, 7) is 0.313. The van der Waals surface area contributed by atoms with Gasteiger partial charge in [0.1, 0.15) is 6.42 Å². The van der Waals surface area contributed by atoms with Gasteiger partial charge in [0.15, 0.2) is 0 Å². The topological polar surface area (TPSA) is 97.4 Å². The number of benzene rings is 1. The predicted molar refractivity (Wildman–Crippen MR) is 87.1 cm³/mol. The Morgan fingerprint density at radius 2 is 1.75 bits per heavy atom. The molecule has 0 aliphatic carbocycles. The lowest BCUT2D eigenvalue weighted by Gasteiger charge is -2.10. The monoisotopic (exact) mass is 327 g/mol. The Hall–Kier alpha value is -3.22. The second kappa shape index (κ2) is 8.42. The number of amides is 2. The number of pyridine rings is 1. The van der Waals surface area contributed by atoms with Crippen LogP contribution in [0.4, 0.5) is 5.69 Å². The second-order valence-corrected chi connectivity index (χ2v) is 4.89.